The summed E-state index contributed by atoms with van der Waals surface area (Å²) in [5.74, 6) is -2.86. The van der Waals surface area contributed by atoms with Crippen LogP contribution in [0.25, 0.3) is 0 Å². The predicted octanol–water partition coefficient (Wildman–Crippen LogP) is 0.487. The summed E-state index contributed by atoms with van der Waals surface area (Å²) >= 11 is 0. The van der Waals surface area contributed by atoms with E-state index in [-0.39, 0.29) is 18.2 Å². The average molecular weight is 361 g/mol. The Bertz CT molecular complexity index is 662. The fourth-order valence-corrected chi connectivity index (χ4v) is 3.29. The summed E-state index contributed by atoms with van der Waals surface area (Å²) in [5.41, 5.74) is 6.92. The van der Waals surface area contributed by atoms with Gasteiger partial charge in [-0.15, -0.1) is 0 Å². The molecule has 1 aliphatic heterocycles. The van der Waals surface area contributed by atoms with Crippen LogP contribution in [0.5, 0.6) is 0 Å². The molecule has 3 amide bonds. The molecule has 7 nitrogen and oxygen atoms in total. The zero-order valence-electron chi connectivity index (χ0n) is 15.3. The summed E-state index contributed by atoms with van der Waals surface area (Å²) in [5, 5.41) is 15.7. The molecular weight excluding hydrogens is 334 g/mol. The smallest absolute Gasteiger partial charge is 0.233 e. The second-order valence-electron chi connectivity index (χ2n) is 7.22. The Morgan fingerprint density at radius 3 is 2.35 bits per heavy atom. The van der Waals surface area contributed by atoms with Gasteiger partial charge in [0, 0.05) is 18.4 Å². The van der Waals surface area contributed by atoms with Crippen molar-refractivity contribution in [3.8, 4) is 0 Å². The summed E-state index contributed by atoms with van der Waals surface area (Å²) in [6, 6.07) is 8.16. The second kappa shape index (κ2) is 8.42. The van der Waals surface area contributed by atoms with Crippen molar-refractivity contribution in [1.29, 1.82) is 0 Å². The Hall–Kier alpha value is -2.25. The van der Waals surface area contributed by atoms with Gasteiger partial charge in [0.05, 0.1) is 18.1 Å². The number of amides is 3. The molecule has 5 N–H and O–H groups in total. The van der Waals surface area contributed by atoms with E-state index in [1.54, 1.807) is 6.92 Å². The maximum absolute atomic E-state index is 12.4. The van der Waals surface area contributed by atoms with Crippen molar-refractivity contribution in [3.05, 3.63) is 35.9 Å². The molecule has 1 unspecified atom stereocenters. The van der Waals surface area contributed by atoms with Crippen molar-refractivity contribution in [2.45, 2.75) is 45.4 Å². The molecule has 0 bridgehead atoms. The number of nitrogens with two attached hydrogens (primary N) is 1. The van der Waals surface area contributed by atoms with Gasteiger partial charge in [0.1, 0.15) is 0 Å². The molecule has 2 rings (SSSR count). The van der Waals surface area contributed by atoms with Gasteiger partial charge in [-0.1, -0.05) is 51.1 Å². The number of aliphatic hydroxyl groups excluding tert-OH is 1. The normalized spacial score (nSPS) is 23.5. The van der Waals surface area contributed by atoms with Gasteiger partial charge in [0.2, 0.25) is 17.7 Å². The number of aliphatic hydroxyl groups is 1. The number of hydrogen-bond donors (Lipinski definition) is 4. The van der Waals surface area contributed by atoms with Crippen LogP contribution in [0.3, 0.4) is 0 Å². The minimum absolute atomic E-state index is 0.0608. The van der Waals surface area contributed by atoms with Crippen LogP contribution in [-0.4, -0.2) is 35.0 Å². The van der Waals surface area contributed by atoms with E-state index in [1.807, 2.05) is 44.2 Å². The van der Waals surface area contributed by atoms with Gasteiger partial charge in [-0.2, -0.15) is 0 Å². The van der Waals surface area contributed by atoms with E-state index < -0.39 is 41.8 Å². The lowest BCUT2D eigenvalue weighted by Gasteiger charge is -2.31. The zero-order valence-corrected chi connectivity index (χ0v) is 15.3. The van der Waals surface area contributed by atoms with Gasteiger partial charge in [0.25, 0.3) is 0 Å². The second-order valence-corrected chi connectivity index (χ2v) is 7.22. The molecule has 1 heterocycles. The Balaban J connectivity index is 2.04. The van der Waals surface area contributed by atoms with E-state index >= 15 is 0 Å². The first kappa shape index (κ1) is 20.1. The molecule has 1 aromatic carbocycles. The van der Waals surface area contributed by atoms with Crippen LogP contribution in [-0.2, 0) is 14.4 Å². The molecule has 0 aliphatic carbocycles. The molecule has 5 atom stereocenters. The number of carbonyl (C=O) groups is 3. The van der Waals surface area contributed by atoms with Crippen molar-refractivity contribution in [1.82, 2.24) is 10.6 Å². The lowest BCUT2D eigenvalue weighted by molar-refractivity contribution is -0.130. The van der Waals surface area contributed by atoms with Crippen LogP contribution in [0.1, 0.15) is 38.8 Å². The lowest BCUT2D eigenvalue weighted by atomic mass is 9.83. The standard InChI is InChI=1S/C19H27N3O4/c1-10(2)16(17(24)15-11(3)18(25)22-19(15)26)21-14(23)9-13(20)12-7-5-4-6-8-12/h4-8,10-11,13,15-17,24H,9,20H2,1-3H3,(H,21,23)(H,22,25,26)/t11-,13-,15+,16-,17?/m0/s1. The van der Waals surface area contributed by atoms with Crippen LogP contribution < -0.4 is 16.4 Å². The highest BCUT2D eigenvalue weighted by Gasteiger charge is 2.46. The van der Waals surface area contributed by atoms with E-state index in [1.165, 1.54) is 0 Å². The summed E-state index contributed by atoms with van der Waals surface area (Å²) < 4.78 is 0. The largest absolute Gasteiger partial charge is 0.390 e. The Kier molecular flexibility index (Phi) is 6.50. The van der Waals surface area contributed by atoms with Gasteiger partial charge >= 0.3 is 0 Å². The van der Waals surface area contributed by atoms with Crippen molar-refractivity contribution in [3.63, 3.8) is 0 Å². The van der Waals surface area contributed by atoms with Crippen LogP contribution in [0.15, 0.2) is 30.3 Å². The van der Waals surface area contributed by atoms with Crippen LogP contribution in [0.2, 0.25) is 0 Å². The first-order valence-electron chi connectivity index (χ1n) is 8.85. The summed E-state index contributed by atoms with van der Waals surface area (Å²) in [7, 11) is 0. The summed E-state index contributed by atoms with van der Waals surface area (Å²) in [6.45, 7) is 5.27. The quantitative estimate of drug-likeness (QED) is 0.527. The molecular formula is C19H27N3O4. The number of imide groups is 1. The Labute approximate surface area is 153 Å². The maximum Gasteiger partial charge on any atom is 0.233 e. The van der Waals surface area contributed by atoms with Gasteiger partial charge in [0.15, 0.2) is 0 Å². The van der Waals surface area contributed by atoms with Gasteiger partial charge in [-0.25, -0.2) is 0 Å². The van der Waals surface area contributed by atoms with E-state index in [0.717, 1.165) is 5.56 Å². The molecule has 1 fully saturated rings. The average Bonchev–Trinajstić information content (AvgIpc) is 2.85. The molecule has 26 heavy (non-hydrogen) atoms. The van der Waals surface area contributed by atoms with E-state index in [4.69, 9.17) is 5.73 Å². The molecule has 0 spiro atoms. The van der Waals surface area contributed by atoms with Crippen molar-refractivity contribution in [2.75, 3.05) is 0 Å². The molecule has 1 aliphatic rings. The van der Waals surface area contributed by atoms with Crippen LogP contribution in [0.4, 0.5) is 0 Å². The Morgan fingerprint density at radius 1 is 1.23 bits per heavy atom. The maximum atomic E-state index is 12.4. The third kappa shape index (κ3) is 4.47. The molecule has 0 saturated carbocycles. The summed E-state index contributed by atoms with van der Waals surface area (Å²) in [6.07, 6.45) is -1.10. The highest BCUT2D eigenvalue weighted by molar-refractivity contribution is 6.05. The summed E-state index contributed by atoms with van der Waals surface area (Å²) in [4.78, 5) is 36.1. The first-order valence-corrected chi connectivity index (χ1v) is 8.85. The van der Waals surface area contributed by atoms with E-state index in [9.17, 15) is 19.5 Å². The first-order chi connectivity index (χ1) is 12.2. The van der Waals surface area contributed by atoms with Gasteiger partial charge < -0.3 is 16.2 Å². The molecule has 0 radical (unpaired) electrons. The van der Waals surface area contributed by atoms with Crippen LogP contribution >= 0.6 is 0 Å². The number of rotatable bonds is 7. The Morgan fingerprint density at radius 2 is 1.85 bits per heavy atom. The zero-order chi connectivity index (χ0) is 19.4. The van der Waals surface area contributed by atoms with Crippen molar-refractivity contribution < 1.29 is 19.5 Å². The minimum atomic E-state index is -1.16. The highest BCUT2D eigenvalue weighted by atomic mass is 16.3. The molecule has 142 valence electrons. The van der Waals surface area contributed by atoms with E-state index in [2.05, 4.69) is 10.6 Å². The molecule has 1 saturated heterocycles. The molecule has 1 aromatic rings. The van der Waals surface area contributed by atoms with Gasteiger partial charge in [-0.3, -0.25) is 19.7 Å². The van der Waals surface area contributed by atoms with Crippen molar-refractivity contribution >= 4 is 17.7 Å². The van der Waals surface area contributed by atoms with Crippen LogP contribution in [0, 0.1) is 17.8 Å². The third-order valence-corrected chi connectivity index (χ3v) is 4.92. The highest BCUT2D eigenvalue weighted by Crippen LogP contribution is 2.26. The monoisotopic (exact) mass is 361 g/mol. The van der Waals surface area contributed by atoms with Gasteiger partial charge in [-0.05, 0) is 11.5 Å². The number of hydrogen-bond acceptors (Lipinski definition) is 5. The molecule has 0 aromatic heterocycles. The minimum Gasteiger partial charge on any atom is -0.390 e. The number of nitrogens with one attached hydrogen (secondary N) is 2. The number of benzene rings is 1. The molecule has 7 heteroatoms. The number of carbonyl (C=O) groups excluding carboxylic acids is 3. The van der Waals surface area contributed by atoms with E-state index in [0.29, 0.717) is 0 Å². The predicted molar refractivity (Wildman–Crippen MR) is 96.6 cm³/mol. The third-order valence-electron chi connectivity index (χ3n) is 4.92. The lowest BCUT2D eigenvalue weighted by Crippen LogP contribution is -2.52. The fraction of sp³-hybridized carbons (Fsp3) is 0.526. The SMILES string of the molecule is CC(C)[C@H](NC(=O)C[C@H](N)c1ccccc1)C(O)[C@@H]1C(=O)NC(=O)[C@H]1C. The fourth-order valence-electron chi connectivity index (χ4n) is 3.29. The van der Waals surface area contributed by atoms with Crippen molar-refractivity contribution in [2.24, 2.45) is 23.5 Å². The topological polar surface area (TPSA) is 122 Å².